The van der Waals surface area contributed by atoms with Crippen molar-refractivity contribution in [3.63, 3.8) is 0 Å². The van der Waals surface area contributed by atoms with Gasteiger partial charge in [0.15, 0.2) is 0 Å². The molecule has 86 valence electrons. The van der Waals surface area contributed by atoms with E-state index in [1.807, 2.05) is 28.3 Å². The van der Waals surface area contributed by atoms with Gasteiger partial charge in [-0.2, -0.15) is 12.6 Å². The van der Waals surface area contributed by atoms with E-state index in [0.29, 0.717) is 0 Å². The molecule has 0 bridgehead atoms. The minimum atomic E-state index is 0.143. The summed E-state index contributed by atoms with van der Waals surface area (Å²) in [7, 11) is 0. The Balaban J connectivity index is 2.12. The van der Waals surface area contributed by atoms with Crippen molar-refractivity contribution in [2.75, 3.05) is 5.75 Å². The maximum absolute atomic E-state index is 12.0. The molecule has 0 fully saturated rings. The van der Waals surface area contributed by atoms with Gasteiger partial charge in [0, 0.05) is 17.4 Å². The fourth-order valence-electron chi connectivity index (χ4n) is 1.75. The zero-order chi connectivity index (χ0) is 11.4. The molecule has 0 spiro atoms. The first-order valence-electron chi connectivity index (χ1n) is 5.50. The summed E-state index contributed by atoms with van der Waals surface area (Å²) in [5, 5.41) is 2.82. The van der Waals surface area contributed by atoms with Gasteiger partial charge in [-0.25, -0.2) is 0 Å². The van der Waals surface area contributed by atoms with Crippen molar-refractivity contribution in [2.45, 2.75) is 25.8 Å². The Morgan fingerprint density at radius 2 is 2.12 bits per heavy atom. The van der Waals surface area contributed by atoms with Gasteiger partial charge in [-0.15, -0.1) is 11.3 Å². The van der Waals surface area contributed by atoms with E-state index < -0.39 is 0 Å². The second kappa shape index (κ2) is 5.55. The number of fused-ring (bicyclic) bond motifs is 1. The third-order valence-corrected chi connectivity index (χ3v) is 3.85. The highest BCUT2D eigenvalue weighted by atomic mass is 32.1. The van der Waals surface area contributed by atoms with Gasteiger partial charge in [0.05, 0.1) is 5.39 Å². The van der Waals surface area contributed by atoms with Gasteiger partial charge in [0.1, 0.15) is 0 Å². The third kappa shape index (κ3) is 2.50. The molecule has 2 heterocycles. The molecule has 2 aromatic heterocycles. The number of pyridine rings is 1. The molecular weight excluding hydrogens is 238 g/mol. The third-order valence-electron chi connectivity index (χ3n) is 2.65. The van der Waals surface area contributed by atoms with Crippen LogP contribution in [0.25, 0.3) is 10.1 Å². The second-order valence-corrected chi connectivity index (χ2v) is 5.19. The molecule has 0 unspecified atom stereocenters. The molecule has 0 saturated heterocycles. The predicted octanol–water partition coefficient (Wildman–Crippen LogP) is 3.16. The fourth-order valence-corrected chi connectivity index (χ4v) is 2.75. The van der Waals surface area contributed by atoms with E-state index in [4.69, 9.17) is 0 Å². The van der Waals surface area contributed by atoms with Crippen LogP contribution in [0.15, 0.2) is 28.5 Å². The van der Waals surface area contributed by atoms with Gasteiger partial charge in [-0.1, -0.05) is 6.42 Å². The molecule has 2 rings (SSSR count). The SMILES string of the molecule is O=c1c2ccsc2ccn1CCCCCS. The number of hydrogen-bond donors (Lipinski definition) is 1. The predicted molar refractivity (Wildman–Crippen MR) is 73.8 cm³/mol. The Bertz CT molecular complexity index is 515. The van der Waals surface area contributed by atoms with E-state index in [1.54, 1.807) is 11.3 Å². The average molecular weight is 253 g/mol. The maximum Gasteiger partial charge on any atom is 0.259 e. The second-order valence-electron chi connectivity index (χ2n) is 3.80. The summed E-state index contributed by atoms with van der Waals surface area (Å²) in [5.74, 6) is 0.929. The summed E-state index contributed by atoms with van der Waals surface area (Å²) in [5.41, 5.74) is 0.143. The minimum Gasteiger partial charge on any atom is -0.315 e. The lowest BCUT2D eigenvalue weighted by Crippen LogP contribution is -2.18. The van der Waals surface area contributed by atoms with Crippen LogP contribution in [-0.2, 0) is 6.54 Å². The molecule has 0 aliphatic heterocycles. The standard InChI is InChI=1S/C12H15NOS2/c14-12-10-5-9-16-11(10)4-7-13(12)6-2-1-3-8-15/h4-5,7,9,15H,1-3,6,8H2. The lowest BCUT2D eigenvalue weighted by molar-refractivity contribution is 0.593. The molecule has 2 nitrogen and oxygen atoms in total. The lowest BCUT2D eigenvalue weighted by Gasteiger charge is -2.04. The van der Waals surface area contributed by atoms with Crippen molar-refractivity contribution >= 4 is 34.1 Å². The van der Waals surface area contributed by atoms with Gasteiger partial charge in [-0.05, 0) is 36.1 Å². The summed E-state index contributed by atoms with van der Waals surface area (Å²) in [4.78, 5) is 12.0. The van der Waals surface area contributed by atoms with E-state index in [1.165, 1.54) is 0 Å². The number of thiophene rings is 1. The summed E-state index contributed by atoms with van der Waals surface area (Å²) in [6.45, 7) is 0.818. The van der Waals surface area contributed by atoms with Crippen LogP contribution in [0.4, 0.5) is 0 Å². The minimum absolute atomic E-state index is 0.143. The van der Waals surface area contributed by atoms with E-state index in [9.17, 15) is 4.79 Å². The Morgan fingerprint density at radius 3 is 2.94 bits per heavy atom. The highest BCUT2D eigenvalue weighted by Crippen LogP contribution is 2.16. The number of nitrogens with zero attached hydrogens (tertiary/aromatic N) is 1. The molecule has 16 heavy (non-hydrogen) atoms. The summed E-state index contributed by atoms with van der Waals surface area (Å²) in [6.07, 6.45) is 5.22. The molecule has 0 N–H and O–H groups in total. The zero-order valence-electron chi connectivity index (χ0n) is 9.06. The molecule has 0 amide bonds. The Hall–Kier alpha value is -0.740. The smallest absolute Gasteiger partial charge is 0.259 e. The first kappa shape index (κ1) is 11.7. The van der Waals surface area contributed by atoms with Crippen LogP contribution >= 0.6 is 24.0 Å². The maximum atomic E-state index is 12.0. The van der Waals surface area contributed by atoms with Gasteiger partial charge in [0.25, 0.3) is 5.56 Å². The first-order chi connectivity index (χ1) is 7.83. The van der Waals surface area contributed by atoms with Crippen LogP contribution in [0.2, 0.25) is 0 Å². The van der Waals surface area contributed by atoms with Crippen LogP contribution in [0.1, 0.15) is 19.3 Å². The topological polar surface area (TPSA) is 22.0 Å². The molecule has 4 heteroatoms. The van der Waals surface area contributed by atoms with Gasteiger partial charge < -0.3 is 4.57 Å². The molecule has 0 radical (unpaired) electrons. The number of unbranched alkanes of at least 4 members (excludes halogenated alkanes) is 2. The largest absolute Gasteiger partial charge is 0.315 e. The number of hydrogen-bond acceptors (Lipinski definition) is 3. The van der Waals surface area contributed by atoms with Crippen LogP contribution < -0.4 is 5.56 Å². The van der Waals surface area contributed by atoms with Gasteiger partial charge >= 0.3 is 0 Å². The quantitative estimate of drug-likeness (QED) is 0.641. The van der Waals surface area contributed by atoms with E-state index in [0.717, 1.165) is 41.6 Å². The Morgan fingerprint density at radius 1 is 1.25 bits per heavy atom. The van der Waals surface area contributed by atoms with Crippen molar-refractivity contribution in [1.29, 1.82) is 0 Å². The Kier molecular flexibility index (Phi) is 4.07. The molecule has 0 aliphatic carbocycles. The van der Waals surface area contributed by atoms with Crippen molar-refractivity contribution in [2.24, 2.45) is 0 Å². The van der Waals surface area contributed by atoms with Crippen molar-refractivity contribution in [1.82, 2.24) is 4.57 Å². The van der Waals surface area contributed by atoms with Crippen LogP contribution in [0, 0.1) is 0 Å². The molecule has 0 saturated carbocycles. The molecule has 2 aromatic rings. The average Bonchev–Trinajstić information content (AvgIpc) is 2.76. The van der Waals surface area contributed by atoms with Gasteiger partial charge in [0.2, 0.25) is 0 Å². The monoisotopic (exact) mass is 253 g/mol. The normalized spacial score (nSPS) is 11.1. The summed E-state index contributed by atoms with van der Waals surface area (Å²) >= 11 is 5.79. The lowest BCUT2D eigenvalue weighted by atomic mass is 10.2. The van der Waals surface area contributed by atoms with Crippen LogP contribution in [-0.4, -0.2) is 10.3 Å². The van der Waals surface area contributed by atoms with Crippen LogP contribution in [0.3, 0.4) is 0 Å². The van der Waals surface area contributed by atoms with Gasteiger partial charge in [-0.3, -0.25) is 4.79 Å². The fraction of sp³-hybridized carbons (Fsp3) is 0.417. The number of rotatable bonds is 5. The molecular formula is C12H15NOS2. The van der Waals surface area contributed by atoms with E-state index in [-0.39, 0.29) is 5.56 Å². The van der Waals surface area contributed by atoms with Crippen LogP contribution in [0.5, 0.6) is 0 Å². The molecule has 0 aliphatic rings. The number of aromatic nitrogens is 1. The number of thiol groups is 1. The summed E-state index contributed by atoms with van der Waals surface area (Å²) < 4.78 is 2.89. The van der Waals surface area contributed by atoms with Crippen molar-refractivity contribution in [3.8, 4) is 0 Å². The Labute approximate surface area is 104 Å². The highest BCUT2D eigenvalue weighted by molar-refractivity contribution is 7.80. The summed E-state index contributed by atoms with van der Waals surface area (Å²) in [6, 6.07) is 3.94. The molecule has 0 aromatic carbocycles. The van der Waals surface area contributed by atoms with E-state index in [2.05, 4.69) is 12.6 Å². The highest BCUT2D eigenvalue weighted by Gasteiger charge is 2.02. The van der Waals surface area contributed by atoms with E-state index >= 15 is 0 Å². The van der Waals surface area contributed by atoms with Crippen molar-refractivity contribution in [3.05, 3.63) is 34.1 Å². The van der Waals surface area contributed by atoms with Crippen molar-refractivity contribution < 1.29 is 0 Å². The zero-order valence-corrected chi connectivity index (χ0v) is 10.8. The molecule has 0 atom stereocenters. The first-order valence-corrected chi connectivity index (χ1v) is 7.01. The number of aryl methyl sites for hydroxylation is 1.